The molecule has 1 unspecified atom stereocenters. The highest BCUT2D eigenvalue weighted by Gasteiger charge is 2.38. The van der Waals surface area contributed by atoms with Gasteiger partial charge in [-0.15, -0.1) is 0 Å². The molecule has 0 aliphatic rings. The van der Waals surface area contributed by atoms with Gasteiger partial charge in [0, 0.05) is 5.56 Å². The smallest absolute Gasteiger partial charge is 0.316 e. The molecule has 5 heteroatoms. The molecule has 0 fully saturated rings. The Balaban J connectivity index is 3.33. The standard InChI is InChI=1S/C13H15F3O2/c1-4-13(3,12(17)18-5-2)8-6-7-9(14)11(16)10(8)15/h6-7H,4-5H2,1-3H3. The lowest BCUT2D eigenvalue weighted by Crippen LogP contribution is -2.35. The van der Waals surface area contributed by atoms with Crippen LogP contribution < -0.4 is 0 Å². The van der Waals surface area contributed by atoms with E-state index in [1.807, 2.05) is 0 Å². The molecule has 0 bridgehead atoms. The normalized spacial score (nSPS) is 14.1. The summed E-state index contributed by atoms with van der Waals surface area (Å²) in [5.41, 5.74) is -1.52. The summed E-state index contributed by atoms with van der Waals surface area (Å²) in [6, 6.07) is 1.88. The third-order valence-electron chi connectivity index (χ3n) is 3.06. The molecular weight excluding hydrogens is 245 g/mol. The Labute approximate surface area is 104 Å². The molecule has 0 heterocycles. The average molecular weight is 260 g/mol. The fraction of sp³-hybridized carbons (Fsp3) is 0.462. The van der Waals surface area contributed by atoms with E-state index in [9.17, 15) is 18.0 Å². The molecule has 1 atom stereocenters. The lowest BCUT2D eigenvalue weighted by Gasteiger charge is -2.26. The van der Waals surface area contributed by atoms with Crippen LogP contribution in [0, 0.1) is 17.5 Å². The van der Waals surface area contributed by atoms with Crippen LogP contribution in [0.1, 0.15) is 32.8 Å². The Hall–Kier alpha value is -1.52. The first kappa shape index (κ1) is 14.5. The molecule has 0 aliphatic carbocycles. The summed E-state index contributed by atoms with van der Waals surface area (Å²) in [5.74, 6) is -4.85. The lowest BCUT2D eigenvalue weighted by atomic mass is 9.79. The first-order valence-corrected chi connectivity index (χ1v) is 5.69. The molecule has 1 rings (SSSR count). The van der Waals surface area contributed by atoms with Crippen LogP contribution in [0.15, 0.2) is 12.1 Å². The van der Waals surface area contributed by atoms with Crippen molar-refractivity contribution in [1.29, 1.82) is 0 Å². The fourth-order valence-corrected chi connectivity index (χ4v) is 1.69. The van der Waals surface area contributed by atoms with Crippen molar-refractivity contribution in [3.05, 3.63) is 35.1 Å². The summed E-state index contributed by atoms with van der Waals surface area (Å²) in [7, 11) is 0. The van der Waals surface area contributed by atoms with Crippen molar-refractivity contribution in [3.8, 4) is 0 Å². The number of esters is 1. The van der Waals surface area contributed by atoms with Crippen LogP contribution in [-0.4, -0.2) is 12.6 Å². The number of halogens is 3. The quantitative estimate of drug-likeness (QED) is 0.613. The third-order valence-corrected chi connectivity index (χ3v) is 3.06. The number of rotatable bonds is 4. The minimum Gasteiger partial charge on any atom is -0.465 e. The molecule has 1 aromatic carbocycles. The number of benzene rings is 1. The molecular formula is C13H15F3O2. The Morgan fingerprint density at radius 2 is 1.83 bits per heavy atom. The van der Waals surface area contributed by atoms with Crippen molar-refractivity contribution >= 4 is 5.97 Å². The zero-order valence-electron chi connectivity index (χ0n) is 10.5. The second-order valence-electron chi connectivity index (χ2n) is 4.13. The highest BCUT2D eigenvalue weighted by atomic mass is 19.2. The highest BCUT2D eigenvalue weighted by Crippen LogP contribution is 2.32. The van der Waals surface area contributed by atoms with Gasteiger partial charge in [-0.25, -0.2) is 13.2 Å². The van der Waals surface area contributed by atoms with Gasteiger partial charge in [0.05, 0.1) is 12.0 Å². The lowest BCUT2D eigenvalue weighted by molar-refractivity contribution is -0.149. The Kier molecular flexibility index (Phi) is 4.38. The minimum absolute atomic E-state index is 0.139. The molecule has 0 saturated heterocycles. The first-order valence-electron chi connectivity index (χ1n) is 5.69. The monoisotopic (exact) mass is 260 g/mol. The van der Waals surface area contributed by atoms with E-state index in [4.69, 9.17) is 4.74 Å². The van der Waals surface area contributed by atoms with E-state index in [2.05, 4.69) is 0 Å². The van der Waals surface area contributed by atoms with Crippen LogP contribution >= 0.6 is 0 Å². The summed E-state index contributed by atoms with van der Waals surface area (Å²) >= 11 is 0. The maximum absolute atomic E-state index is 13.7. The summed E-state index contributed by atoms with van der Waals surface area (Å²) in [5, 5.41) is 0. The van der Waals surface area contributed by atoms with Crippen molar-refractivity contribution in [2.45, 2.75) is 32.6 Å². The van der Waals surface area contributed by atoms with Gasteiger partial charge in [-0.05, 0) is 26.3 Å². The van der Waals surface area contributed by atoms with E-state index in [1.54, 1.807) is 13.8 Å². The van der Waals surface area contributed by atoms with Crippen molar-refractivity contribution in [3.63, 3.8) is 0 Å². The Morgan fingerprint density at radius 3 is 2.33 bits per heavy atom. The molecule has 1 aromatic rings. The number of ether oxygens (including phenoxy) is 1. The van der Waals surface area contributed by atoms with E-state index in [1.165, 1.54) is 6.92 Å². The summed E-state index contributed by atoms with van der Waals surface area (Å²) in [6.07, 6.45) is 0.216. The van der Waals surface area contributed by atoms with Gasteiger partial charge in [-0.1, -0.05) is 13.0 Å². The van der Waals surface area contributed by atoms with Gasteiger partial charge in [0.1, 0.15) is 0 Å². The molecule has 0 aliphatic heterocycles. The molecule has 0 amide bonds. The average Bonchev–Trinajstić information content (AvgIpc) is 2.35. The number of carbonyl (C=O) groups excluding carboxylic acids is 1. The van der Waals surface area contributed by atoms with Crippen LogP contribution in [0.4, 0.5) is 13.2 Å². The van der Waals surface area contributed by atoms with Gasteiger partial charge < -0.3 is 4.74 Å². The molecule has 18 heavy (non-hydrogen) atoms. The summed E-state index contributed by atoms with van der Waals surface area (Å²) in [6.45, 7) is 4.85. The van der Waals surface area contributed by atoms with Crippen molar-refractivity contribution in [2.75, 3.05) is 6.61 Å². The summed E-state index contributed by atoms with van der Waals surface area (Å²) < 4.78 is 44.7. The molecule has 0 aromatic heterocycles. The second kappa shape index (κ2) is 5.42. The predicted octanol–water partition coefficient (Wildman–Crippen LogP) is 3.33. The van der Waals surface area contributed by atoms with Crippen LogP contribution in [-0.2, 0) is 14.9 Å². The van der Waals surface area contributed by atoms with Gasteiger partial charge in [0.25, 0.3) is 0 Å². The predicted molar refractivity (Wildman–Crippen MR) is 60.6 cm³/mol. The Morgan fingerprint density at radius 1 is 1.22 bits per heavy atom. The van der Waals surface area contributed by atoms with Crippen molar-refractivity contribution in [1.82, 2.24) is 0 Å². The fourth-order valence-electron chi connectivity index (χ4n) is 1.69. The minimum atomic E-state index is -1.57. The Bertz CT molecular complexity index is 460. The first-order chi connectivity index (χ1) is 8.38. The molecule has 0 radical (unpaired) electrons. The third kappa shape index (κ3) is 2.35. The van der Waals surface area contributed by atoms with E-state index >= 15 is 0 Å². The van der Waals surface area contributed by atoms with Gasteiger partial charge in [0.2, 0.25) is 0 Å². The molecule has 0 spiro atoms. The van der Waals surface area contributed by atoms with Crippen molar-refractivity contribution in [2.24, 2.45) is 0 Å². The van der Waals surface area contributed by atoms with Crippen LogP contribution in [0.5, 0.6) is 0 Å². The molecule has 0 N–H and O–H groups in total. The van der Waals surface area contributed by atoms with Gasteiger partial charge in [-0.2, -0.15) is 0 Å². The molecule has 100 valence electrons. The maximum atomic E-state index is 13.7. The summed E-state index contributed by atoms with van der Waals surface area (Å²) in [4.78, 5) is 11.8. The molecule has 2 nitrogen and oxygen atoms in total. The van der Waals surface area contributed by atoms with Gasteiger partial charge >= 0.3 is 5.97 Å². The highest BCUT2D eigenvalue weighted by molar-refractivity contribution is 5.82. The number of hydrogen-bond acceptors (Lipinski definition) is 2. The maximum Gasteiger partial charge on any atom is 0.316 e. The van der Waals surface area contributed by atoms with E-state index in [-0.39, 0.29) is 18.6 Å². The molecule has 0 saturated carbocycles. The zero-order chi connectivity index (χ0) is 13.9. The van der Waals surface area contributed by atoms with E-state index in [0.29, 0.717) is 0 Å². The number of hydrogen-bond donors (Lipinski definition) is 0. The number of carbonyl (C=O) groups is 1. The van der Waals surface area contributed by atoms with E-state index < -0.39 is 28.8 Å². The SMILES string of the molecule is CCOC(=O)C(C)(CC)c1ccc(F)c(F)c1F. The van der Waals surface area contributed by atoms with Crippen LogP contribution in [0.2, 0.25) is 0 Å². The topological polar surface area (TPSA) is 26.3 Å². The van der Waals surface area contributed by atoms with Crippen molar-refractivity contribution < 1.29 is 22.7 Å². The zero-order valence-corrected chi connectivity index (χ0v) is 10.5. The van der Waals surface area contributed by atoms with Crippen LogP contribution in [0.25, 0.3) is 0 Å². The van der Waals surface area contributed by atoms with E-state index in [0.717, 1.165) is 12.1 Å². The van der Waals surface area contributed by atoms with Crippen LogP contribution in [0.3, 0.4) is 0 Å². The second-order valence-corrected chi connectivity index (χ2v) is 4.13. The van der Waals surface area contributed by atoms with Gasteiger partial charge in [0.15, 0.2) is 17.5 Å². The largest absolute Gasteiger partial charge is 0.465 e. The van der Waals surface area contributed by atoms with Gasteiger partial charge in [-0.3, -0.25) is 4.79 Å².